The number of nitrogens with zero attached hydrogens (tertiary/aromatic N) is 2. The van der Waals surface area contributed by atoms with E-state index in [9.17, 15) is 0 Å². The fourth-order valence-corrected chi connectivity index (χ4v) is 6.84. The molecule has 0 aliphatic carbocycles. The Bertz CT molecular complexity index is 2390. The molecule has 226 valence electrons. The summed E-state index contributed by atoms with van der Waals surface area (Å²) in [5, 5.41) is 0. The Balaban J connectivity index is 0.00000348. The number of hydrogen-bond donors (Lipinski definition) is 2. The van der Waals surface area contributed by atoms with Crippen molar-refractivity contribution in [1.82, 2.24) is 19.9 Å². The smallest absolute Gasteiger partial charge is 0.354 e. The zero-order valence-electron chi connectivity index (χ0n) is 26.8. The van der Waals surface area contributed by atoms with Gasteiger partial charge < -0.3 is 9.97 Å². The molecule has 5 heterocycles. The summed E-state index contributed by atoms with van der Waals surface area (Å²) in [6, 6.07) is 50.7. The first-order valence-corrected chi connectivity index (χ1v) is 16.2. The maximum absolute atomic E-state index is 5.33. The summed E-state index contributed by atoms with van der Waals surface area (Å²) in [6.07, 6.45) is 8.50. The summed E-state index contributed by atoms with van der Waals surface area (Å²) in [6.45, 7) is 0. The molecule has 9 rings (SSSR count). The molecule has 3 aromatic heterocycles. The normalized spacial score (nSPS) is 11.8. The summed E-state index contributed by atoms with van der Waals surface area (Å²) >= 11 is 0. The molecule has 0 spiro atoms. The molecule has 4 nitrogen and oxygen atoms in total. The van der Waals surface area contributed by atoms with E-state index in [0.717, 1.165) is 89.4 Å². The molecule has 4 aromatic carbocycles. The van der Waals surface area contributed by atoms with Crippen LogP contribution in [0.4, 0.5) is 0 Å². The van der Waals surface area contributed by atoms with Gasteiger partial charge in [-0.05, 0) is 70.8 Å². The number of H-pyrrole nitrogens is 2. The average Bonchev–Trinajstić information content (AvgIpc) is 3.98. The minimum Gasteiger partial charge on any atom is -0.354 e. The molecule has 0 saturated carbocycles. The first-order valence-electron chi connectivity index (χ1n) is 16.2. The predicted octanol–water partition coefficient (Wildman–Crippen LogP) is 11.3. The van der Waals surface area contributed by atoms with Crippen molar-refractivity contribution in [1.29, 1.82) is 0 Å². The van der Waals surface area contributed by atoms with Crippen molar-refractivity contribution < 1.29 is 19.5 Å². The van der Waals surface area contributed by atoms with Crippen molar-refractivity contribution in [2.75, 3.05) is 0 Å². The summed E-state index contributed by atoms with van der Waals surface area (Å²) in [5.41, 5.74) is 16.2. The third-order valence-electron chi connectivity index (χ3n) is 9.00. The molecule has 2 aliphatic rings. The number of aromatic nitrogens is 4. The SMILES string of the molecule is C1=Cc2nc1c(-c1ccccc1)c1nc(c(-c3ccccc3)c3ccc([nH]3)c(-c3ccccc3)c3ccc([nH]3)c2-c2ccccc2)C=C1.[Zn+2]. The van der Waals surface area contributed by atoms with Gasteiger partial charge in [0.15, 0.2) is 0 Å². The van der Waals surface area contributed by atoms with Crippen LogP contribution in [0.25, 0.3) is 90.9 Å². The van der Waals surface area contributed by atoms with Crippen molar-refractivity contribution in [3.8, 4) is 44.5 Å². The van der Waals surface area contributed by atoms with Crippen LogP contribution in [-0.4, -0.2) is 19.9 Å². The Kier molecular flexibility index (Phi) is 8.05. The van der Waals surface area contributed by atoms with Gasteiger partial charge in [-0.3, -0.25) is 0 Å². The van der Waals surface area contributed by atoms with Crippen molar-refractivity contribution >= 4 is 46.4 Å². The Morgan fingerprint density at radius 2 is 0.551 bits per heavy atom. The summed E-state index contributed by atoms with van der Waals surface area (Å²) < 4.78 is 0. The molecule has 2 aliphatic heterocycles. The first-order chi connectivity index (χ1) is 23.8. The molecule has 0 atom stereocenters. The minimum absolute atomic E-state index is 0. The molecule has 0 fully saturated rings. The fraction of sp³-hybridized carbons (Fsp3) is 0. The van der Waals surface area contributed by atoms with Gasteiger partial charge in [-0.25, -0.2) is 9.97 Å². The molecule has 0 saturated heterocycles. The maximum Gasteiger partial charge on any atom is 2.00 e. The summed E-state index contributed by atoms with van der Waals surface area (Å²) in [4.78, 5) is 18.3. The van der Waals surface area contributed by atoms with Gasteiger partial charge in [0.1, 0.15) is 0 Å². The molecule has 0 amide bonds. The van der Waals surface area contributed by atoms with Crippen LogP contribution in [-0.2, 0) is 19.5 Å². The van der Waals surface area contributed by atoms with Crippen molar-refractivity contribution in [2.45, 2.75) is 0 Å². The number of benzene rings is 4. The first kappa shape index (κ1) is 30.4. The fourth-order valence-electron chi connectivity index (χ4n) is 6.84. The van der Waals surface area contributed by atoms with E-state index in [-0.39, 0.29) is 19.5 Å². The second-order valence-corrected chi connectivity index (χ2v) is 12.0. The van der Waals surface area contributed by atoms with Crippen LogP contribution in [0.3, 0.4) is 0 Å². The third kappa shape index (κ3) is 5.59. The summed E-state index contributed by atoms with van der Waals surface area (Å²) in [5.74, 6) is 0. The topological polar surface area (TPSA) is 57.4 Å². The van der Waals surface area contributed by atoms with E-state index in [1.54, 1.807) is 0 Å². The van der Waals surface area contributed by atoms with Crippen LogP contribution in [0.1, 0.15) is 22.8 Å². The van der Waals surface area contributed by atoms with Crippen LogP contribution < -0.4 is 0 Å². The predicted molar refractivity (Wildman–Crippen MR) is 201 cm³/mol. The zero-order valence-corrected chi connectivity index (χ0v) is 29.7. The van der Waals surface area contributed by atoms with Crippen molar-refractivity contribution in [3.05, 3.63) is 168 Å². The zero-order chi connectivity index (χ0) is 31.9. The summed E-state index contributed by atoms with van der Waals surface area (Å²) in [7, 11) is 0. The van der Waals surface area contributed by atoms with Crippen LogP contribution in [0.5, 0.6) is 0 Å². The minimum atomic E-state index is 0. The van der Waals surface area contributed by atoms with Crippen LogP contribution >= 0.6 is 0 Å². The van der Waals surface area contributed by atoms with E-state index in [0.29, 0.717) is 0 Å². The molecule has 0 unspecified atom stereocenters. The van der Waals surface area contributed by atoms with E-state index in [1.807, 2.05) is 18.2 Å². The number of fused-ring (bicyclic) bond motifs is 8. The number of hydrogen-bond acceptors (Lipinski definition) is 2. The van der Waals surface area contributed by atoms with E-state index >= 15 is 0 Å². The van der Waals surface area contributed by atoms with Crippen molar-refractivity contribution in [3.63, 3.8) is 0 Å². The molecule has 0 radical (unpaired) electrons. The molecule has 7 aromatic rings. The second kappa shape index (κ2) is 13.0. The molecular weight excluding hydrogens is 650 g/mol. The quantitative estimate of drug-likeness (QED) is 0.182. The van der Waals surface area contributed by atoms with Gasteiger partial charge in [-0.1, -0.05) is 121 Å². The van der Waals surface area contributed by atoms with E-state index in [1.165, 1.54) is 0 Å². The Labute approximate surface area is 297 Å². The average molecular weight is 680 g/mol. The van der Waals surface area contributed by atoms with Crippen LogP contribution in [0, 0.1) is 0 Å². The van der Waals surface area contributed by atoms with Gasteiger partial charge in [0.2, 0.25) is 0 Å². The van der Waals surface area contributed by atoms with Gasteiger partial charge >= 0.3 is 19.5 Å². The molecule has 2 N–H and O–H groups in total. The van der Waals surface area contributed by atoms with Gasteiger partial charge in [-0.15, -0.1) is 0 Å². The monoisotopic (exact) mass is 678 g/mol. The standard InChI is InChI=1S/C44H30N4.Zn/c1-5-13-29(14-6-1)41-33-21-23-35(45-33)42(30-15-7-2-8-16-30)37-25-27-39(47-37)44(32-19-11-4-12-20-32)40-28-26-38(48-40)43(31-17-9-3-10-18-31)36-24-22-34(41)46-36;/h1-28,45-46H;/q;+2. The number of aromatic amines is 2. The maximum atomic E-state index is 5.33. The largest absolute Gasteiger partial charge is 2.00 e. The molecule has 5 heteroatoms. The van der Waals surface area contributed by atoms with Gasteiger partial charge in [0.05, 0.1) is 22.8 Å². The Morgan fingerprint density at radius 1 is 0.286 bits per heavy atom. The van der Waals surface area contributed by atoms with E-state index < -0.39 is 0 Å². The Morgan fingerprint density at radius 3 is 0.898 bits per heavy atom. The van der Waals surface area contributed by atoms with Crippen LogP contribution in [0.2, 0.25) is 0 Å². The molecular formula is C44H30N4Zn+2. The van der Waals surface area contributed by atoms with Crippen LogP contribution in [0.15, 0.2) is 146 Å². The van der Waals surface area contributed by atoms with E-state index in [2.05, 4.69) is 162 Å². The number of rotatable bonds is 4. The van der Waals surface area contributed by atoms with E-state index in [4.69, 9.17) is 9.97 Å². The second-order valence-electron chi connectivity index (χ2n) is 12.0. The van der Waals surface area contributed by atoms with Gasteiger partial charge in [0, 0.05) is 44.3 Å². The van der Waals surface area contributed by atoms with Gasteiger partial charge in [0.25, 0.3) is 0 Å². The van der Waals surface area contributed by atoms with Crippen molar-refractivity contribution in [2.24, 2.45) is 0 Å². The van der Waals surface area contributed by atoms with Gasteiger partial charge in [-0.2, -0.15) is 0 Å². The third-order valence-corrected chi connectivity index (χ3v) is 9.00. The molecule has 49 heavy (non-hydrogen) atoms. The number of nitrogens with one attached hydrogen (secondary N) is 2. The molecule has 8 bridgehead atoms. The Hall–Kier alpha value is -5.90.